The minimum absolute atomic E-state index is 0.137. The number of aromatic carboxylic acids is 1. The molecule has 0 amide bonds. The molecule has 2 heterocycles. The summed E-state index contributed by atoms with van der Waals surface area (Å²) in [5.41, 5.74) is -0.140. The van der Waals surface area contributed by atoms with Crippen LogP contribution < -0.4 is 5.43 Å². The van der Waals surface area contributed by atoms with Crippen LogP contribution in [0.4, 0.5) is 0 Å². The Balaban J connectivity index is 2.86. The van der Waals surface area contributed by atoms with E-state index in [1.165, 1.54) is 12.3 Å². The van der Waals surface area contributed by atoms with E-state index in [1.807, 2.05) is 0 Å². The number of carbonyl (C=O) groups is 1. The lowest BCUT2D eigenvalue weighted by Crippen LogP contribution is -2.07. The van der Waals surface area contributed by atoms with Crippen LogP contribution in [0.3, 0.4) is 0 Å². The van der Waals surface area contributed by atoms with E-state index < -0.39 is 11.4 Å². The van der Waals surface area contributed by atoms with Crippen molar-refractivity contribution in [2.45, 2.75) is 0 Å². The average Bonchev–Trinajstić information content (AvgIpc) is 2.17. The molecule has 0 radical (unpaired) electrons. The van der Waals surface area contributed by atoms with Gasteiger partial charge >= 0.3 is 5.97 Å². The molecule has 0 atom stereocenters. The summed E-state index contributed by atoms with van der Waals surface area (Å²) >= 11 is 0. The number of nitrogens with zero attached hydrogens (tertiary/aromatic N) is 1. The van der Waals surface area contributed by atoms with Gasteiger partial charge in [0.2, 0.25) is 11.2 Å². The molecule has 70 valence electrons. The number of pyridine rings is 1. The first-order valence-corrected chi connectivity index (χ1v) is 3.80. The summed E-state index contributed by atoms with van der Waals surface area (Å²) < 4.78 is 4.94. The Morgan fingerprint density at radius 1 is 1.50 bits per heavy atom. The van der Waals surface area contributed by atoms with Crippen molar-refractivity contribution >= 4 is 17.1 Å². The zero-order valence-electron chi connectivity index (χ0n) is 6.93. The number of rotatable bonds is 1. The smallest absolute Gasteiger partial charge is 0.371 e. The molecule has 0 spiro atoms. The Labute approximate surface area is 77.6 Å². The maximum absolute atomic E-state index is 11.3. The van der Waals surface area contributed by atoms with E-state index >= 15 is 0 Å². The van der Waals surface area contributed by atoms with E-state index in [2.05, 4.69) is 4.98 Å². The highest BCUT2D eigenvalue weighted by atomic mass is 16.4. The van der Waals surface area contributed by atoms with E-state index in [1.54, 1.807) is 6.07 Å². The highest BCUT2D eigenvalue weighted by Gasteiger charge is 2.10. The number of hydrogen-bond acceptors (Lipinski definition) is 4. The molecule has 5 nitrogen and oxygen atoms in total. The van der Waals surface area contributed by atoms with Gasteiger partial charge in [-0.1, -0.05) is 0 Å². The molecule has 0 aromatic carbocycles. The van der Waals surface area contributed by atoms with Crippen molar-refractivity contribution in [2.24, 2.45) is 0 Å². The predicted octanol–water partition coefficient (Wildman–Crippen LogP) is 0.886. The van der Waals surface area contributed by atoms with E-state index in [0.717, 1.165) is 6.07 Å². The molecule has 2 rings (SSSR count). The van der Waals surface area contributed by atoms with Crippen LogP contribution in [0.25, 0.3) is 11.1 Å². The summed E-state index contributed by atoms with van der Waals surface area (Å²) in [6, 6.07) is 3.98. The molecule has 0 saturated carbocycles. The maximum Gasteiger partial charge on any atom is 0.371 e. The fourth-order valence-corrected chi connectivity index (χ4v) is 1.10. The van der Waals surface area contributed by atoms with Gasteiger partial charge in [0.05, 0.1) is 0 Å². The van der Waals surface area contributed by atoms with Gasteiger partial charge in [0.1, 0.15) is 0 Å². The van der Waals surface area contributed by atoms with Crippen molar-refractivity contribution in [1.29, 1.82) is 0 Å². The van der Waals surface area contributed by atoms with E-state index in [0.29, 0.717) is 0 Å². The third-order valence-corrected chi connectivity index (χ3v) is 1.70. The van der Waals surface area contributed by atoms with Crippen molar-refractivity contribution in [3.8, 4) is 0 Å². The number of fused-ring (bicyclic) bond motifs is 1. The SMILES string of the molecule is O=C(O)c1cc(=O)c2ncccc2o1. The lowest BCUT2D eigenvalue weighted by Gasteiger charge is -1.96. The minimum Gasteiger partial charge on any atom is -0.475 e. The Morgan fingerprint density at radius 2 is 2.29 bits per heavy atom. The van der Waals surface area contributed by atoms with Crippen LogP contribution in [-0.2, 0) is 0 Å². The lowest BCUT2D eigenvalue weighted by atomic mass is 10.3. The van der Waals surface area contributed by atoms with Crippen LogP contribution in [0.15, 0.2) is 33.6 Å². The van der Waals surface area contributed by atoms with E-state index in [4.69, 9.17) is 9.52 Å². The van der Waals surface area contributed by atoms with Gasteiger partial charge in [0.25, 0.3) is 0 Å². The largest absolute Gasteiger partial charge is 0.475 e. The predicted molar refractivity (Wildman–Crippen MR) is 47.2 cm³/mol. The van der Waals surface area contributed by atoms with Crippen LogP contribution in [0, 0.1) is 0 Å². The normalized spacial score (nSPS) is 10.3. The standard InChI is InChI=1S/C9H5NO4/c11-5-4-7(9(12)13)14-6-2-1-3-10-8(5)6/h1-4H,(H,12,13). The topological polar surface area (TPSA) is 80.4 Å². The second-order valence-corrected chi connectivity index (χ2v) is 2.63. The Kier molecular flexibility index (Phi) is 1.78. The van der Waals surface area contributed by atoms with Crippen LogP contribution in [-0.4, -0.2) is 16.1 Å². The quantitative estimate of drug-likeness (QED) is 0.723. The van der Waals surface area contributed by atoms with Crippen LogP contribution in [0.2, 0.25) is 0 Å². The first kappa shape index (κ1) is 8.43. The minimum atomic E-state index is -1.27. The van der Waals surface area contributed by atoms with Gasteiger partial charge in [-0.05, 0) is 12.1 Å². The van der Waals surface area contributed by atoms with Gasteiger partial charge in [0, 0.05) is 12.3 Å². The third kappa shape index (κ3) is 1.24. The van der Waals surface area contributed by atoms with E-state index in [-0.39, 0.29) is 16.9 Å². The molecule has 2 aromatic heterocycles. The summed E-state index contributed by atoms with van der Waals surface area (Å²) in [4.78, 5) is 25.6. The van der Waals surface area contributed by atoms with Gasteiger partial charge in [-0.2, -0.15) is 0 Å². The Bertz CT molecular complexity index is 558. The number of carboxylic acid groups (broad SMARTS) is 1. The molecule has 0 aliphatic rings. The average molecular weight is 191 g/mol. The van der Waals surface area contributed by atoms with Crippen molar-refractivity contribution in [3.05, 3.63) is 40.4 Å². The fraction of sp³-hybridized carbons (Fsp3) is 0. The molecule has 0 fully saturated rings. The summed E-state index contributed by atoms with van der Waals surface area (Å²) in [5, 5.41) is 8.62. The Hall–Kier alpha value is -2.17. The number of aromatic nitrogens is 1. The summed E-state index contributed by atoms with van der Waals surface area (Å²) in [5.74, 6) is -1.65. The van der Waals surface area contributed by atoms with Gasteiger partial charge in [-0.15, -0.1) is 0 Å². The third-order valence-electron chi connectivity index (χ3n) is 1.70. The number of carboxylic acids is 1. The molecular weight excluding hydrogens is 186 g/mol. The monoisotopic (exact) mass is 191 g/mol. The molecule has 5 heteroatoms. The van der Waals surface area contributed by atoms with Gasteiger partial charge in [-0.3, -0.25) is 4.79 Å². The van der Waals surface area contributed by atoms with Gasteiger partial charge in [0.15, 0.2) is 11.1 Å². The van der Waals surface area contributed by atoms with Crippen LogP contribution in [0.5, 0.6) is 0 Å². The second kappa shape index (κ2) is 2.95. The van der Waals surface area contributed by atoms with Crippen molar-refractivity contribution in [3.63, 3.8) is 0 Å². The Morgan fingerprint density at radius 3 is 3.00 bits per heavy atom. The zero-order valence-corrected chi connectivity index (χ0v) is 6.93. The van der Waals surface area contributed by atoms with Crippen molar-refractivity contribution in [2.75, 3.05) is 0 Å². The van der Waals surface area contributed by atoms with Gasteiger partial charge in [-0.25, -0.2) is 9.78 Å². The highest BCUT2D eigenvalue weighted by molar-refractivity contribution is 5.86. The molecule has 0 aliphatic carbocycles. The lowest BCUT2D eigenvalue weighted by molar-refractivity contribution is 0.0663. The molecule has 14 heavy (non-hydrogen) atoms. The highest BCUT2D eigenvalue weighted by Crippen LogP contribution is 2.08. The van der Waals surface area contributed by atoms with Crippen LogP contribution in [0.1, 0.15) is 10.6 Å². The molecule has 0 saturated heterocycles. The van der Waals surface area contributed by atoms with Crippen molar-refractivity contribution in [1.82, 2.24) is 4.98 Å². The summed E-state index contributed by atoms with van der Waals surface area (Å²) in [6.07, 6.45) is 1.44. The van der Waals surface area contributed by atoms with Crippen molar-refractivity contribution < 1.29 is 14.3 Å². The molecule has 0 unspecified atom stereocenters. The first-order chi connectivity index (χ1) is 6.68. The zero-order chi connectivity index (χ0) is 10.1. The molecular formula is C9H5NO4. The van der Waals surface area contributed by atoms with E-state index in [9.17, 15) is 9.59 Å². The summed E-state index contributed by atoms with van der Waals surface area (Å²) in [6.45, 7) is 0. The second-order valence-electron chi connectivity index (χ2n) is 2.63. The number of hydrogen-bond donors (Lipinski definition) is 1. The van der Waals surface area contributed by atoms with Crippen LogP contribution >= 0.6 is 0 Å². The van der Waals surface area contributed by atoms with Gasteiger partial charge < -0.3 is 9.52 Å². The fourth-order valence-electron chi connectivity index (χ4n) is 1.10. The molecule has 1 N–H and O–H groups in total. The maximum atomic E-state index is 11.3. The molecule has 0 bridgehead atoms. The summed E-state index contributed by atoms with van der Waals surface area (Å²) in [7, 11) is 0. The first-order valence-electron chi connectivity index (χ1n) is 3.80. The molecule has 2 aromatic rings. The molecule has 0 aliphatic heterocycles.